The van der Waals surface area contributed by atoms with E-state index in [1.54, 1.807) is 12.1 Å². The van der Waals surface area contributed by atoms with Crippen LogP contribution in [0, 0.1) is 18.6 Å². The molecular formula is C26H34F2N4O7S. The van der Waals surface area contributed by atoms with Crippen molar-refractivity contribution in [3.05, 3.63) is 53.6 Å². The van der Waals surface area contributed by atoms with E-state index in [-0.39, 0.29) is 36.8 Å². The van der Waals surface area contributed by atoms with E-state index in [4.69, 9.17) is 14.7 Å². The number of morpholine rings is 1. The zero-order chi connectivity index (χ0) is 29.8. The molecule has 3 amide bonds. The molecule has 2 N–H and O–H groups in total. The van der Waals surface area contributed by atoms with Crippen LogP contribution in [-0.2, 0) is 30.1 Å². The SMILES string of the molecule is CC.Cc1ccc(Oc2c(F)cc(S(=O)N(CCN(C)C(=O)C(=O)N3CCOCC3)CC(=O)NO)cc2F)cc1. The number of aryl methyl sites for hydroxylation is 1. The number of likely N-dealkylation sites (N-methyl/N-ethyl adjacent to an activating group) is 1. The van der Waals surface area contributed by atoms with Gasteiger partial charge in [-0.15, -0.1) is 0 Å². The van der Waals surface area contributed by atoms with Crippen molar-refractivity contribution in [2.45, 2.75) is 25.7 Å². The Hall–Kier alpha value is -3.46. The molecule has 0 spiro atoms. The predicted molar refractivity (Wildman–Crippen MR) is 142 cm³/mol. The molecule has 1 aliphatic rings. The van der Waals surface area contributed by atoms with Crippen molar-refractivity contribution in [3.63, 3.8) is 0 Å². The van der Waals surface area contributed by atoms with Gasteiger partial charge in [-0.05, 0) is 31.2 Å². The summed E-state index contributed by atoms with van der Waals surface area (Å²) < 4.78 is 54.2. The third kappa shape index (κ3) is 9.05. The molecule has 220 valence electrons. The van der Waals surface area contributed by atoms with Gasteiger partial charge in [-0.25, -0.2) is 22.8 Å². The molecule has 1 fully saturated rings. The number of benzene rings is 2. The lowest BCUT2D eigenvalue weighted by Gasteiger charge is -2.29. The number of hydroxylamine groups is 1. The number of carbonyl (C=O) groups excluding carboxylic acids is 3. The number of hydrogen-bond acceptors (Lipinski definition) is 7. The maximum atomic E-state index is 14.8. The number of rotatable bonds is 9. The third-order valence-corrected chi connectivity index (χ3v) is 7.03. The summed E-state index contributed by atoms with van der Waals surface area (Å²) in [5.41, 5.74) is 2.33. The van der Waals surface area contributed by atoms with Crippen LogP contribution in [0.1, 0.15) is 19.4 Å². The van der Waals surface area contributed by atoms with Crippen LogP contribution in [0.4, 0.5) is 8.78 Å². The fourth-order valence-corrected chi connectivity index (χ4v) is 4.64. The highest BCUT2D eigenvalue weighted by Crippen LogP contribution is 2.30. The summed E-state index contributed by atoms with van der Waals surface area (Å²) in [4.78, 5) is 38.9. The van der Waals surface area contributed by atoms with Crippen LogP contribution < -0.4 is 10.2 Å². The van der Waals surface area contributed by atoms with Crippen molar-refractivity contribution in [1.82, 2.24) is 19.6 Å². The molecule has 0 aromatic heterocycles. The zero-order valence-electron chi connectivity index (χ0n) is 22.8. The van der Waals surface area contributed by atoms with Crippen molar-refractivity contribution in [2.24, 2.45) is 0 Å². The molecule has 0 radical (unpaired) electrons. The van der Waals surface area contributed by atoms with Crippen molar-refractivity contribution in [3.8, 4) is 11.5 Å². The van der Waals surface area contributed by atoms with Gasteiger partial charge >= 0.3 is 11.8 Å². The molecule has 1 atom stereocenters. The molecule has 14 heteroatoms. The maximum Gasteiger partial charge on any atom is 0.312 e. The van der Waals surface area contributed by atoms with Gasteiger partial charge in [-0.2, -0.15) is 0 Å². The highest BCUT2D eigenvalue weighted by Gasteiger charge is 2.28. The van der Waals surface area contributed by atoms with Gasteiger partial charge < -0.3 is 19.3 Å². The van der Waals surface area contributed by atoms with Gasteiger partial charge in [-0.1, -0.05) is 31.5 Å². The Kier molecular flexibility index (Phi) is 13.1. The van der Waals surface area contributed by atoms with E-state index < -0.39 is 52.6 Å². The minimum absolute atomic E-state index is 0.154. The molecule has 0 aliphatic carbocycles. The van der Waals surface area contributed by atoms with E-state index in [0.29, 0.717) is 13.2 Å². The molecule has 1 aliphatic heterocycles. The normalized spacial score (nSPS) is 13.7. The fourth-order valence-electron chi connectivity index (χ4n) is 3.45. The van der Waals surface area contributed by atoms with E-state index in [1.165, 1.54) is 29.6 Å². The first kappa shape index (κ1) is 32.8. The molecule has 11 nitrogen and oxygen atoms in total. The van der Waals surface area contributed by atoms with Gasteiger partial charge in [0.25, 0.3) is 5.91 Å². The summed E-state index contributed by atoms with van der Waals surface area (Å²) in [6.07, 6.45) is 0. The molecule has 2 aromatic carbocycles. The van der Waals surface area contributed by atoms with Crippen LogP contribution in [0.25, 0.3) is 0 Å². The number of amides is 3. The average Bonchev–Trinajstić information content (AvgIpc) is 2.97. The summed E-state index contributed by atoms with van der Waals surface area (Å²) >= 11 is 0. The van der Waals surface area contributed by atoms with Crippen LogP contribution in [0.2, 0.25) is 0 Å². The van der Waals surface area contributed by atoms with E-state index in [0.717, 1.165) is 26.9 Å². The van der Waals surface area contributed by atoms with Crippen LogP contribution in [0.15, 0.2) is 41.3 Å². The Bertz CT molecular complexity index is 1170. The molecule has 0 saturated carbocycles. The van der Waals surface area contributed by atoms with Gasteiger partial charge in [0.05, 0.1) is 24.7 Å². The Morgan fingerprint density at radius 3 is 2.20 bits per heavy atom. The van der Waals surface area contributed by atoms with Gasteiger partial charge in [-0.3, -0.25) is 19.6 Å². The summed E-state index contributed by atoms with van der Waals surface area (Å²) in [5, 5.41) is 8.91. The smallest absolute Gasteiger partial charge is 0.312 e. The maximum absolute atomic E-state index is 14.8. The summed E-state index contributed by atoms with van der Waals surface area (Å²) in [6.45, 7) is 5.99. The van der Waals surface area contributed by atoms with Crippen molar-refractivity contribution in [1.29, 1.82) is 0 Å². The van der Waals surface area contributed by atoms with Crippen LogP contribution >= 0.6 is 0 Å². The minimum atomic E-state index is -2.29. The van der Waals surface area contributed by atoms with Crippen LogP contribution in [0.5, 0.6) is 11.5 Å². The number of nitrogens with one attached hydrogen (secondary N) is 1. The molecule has 1 heterocycles. The molecule has 2 aromatic rings. The lowest BCUT2D eigenvalue weighted by molar-refractivity contribution is -0.153. The lowest BCUT2D eigenvalue weighted by atomic mass is 10.2. The highest BCUT2D eigenvalue weighted by atomic mass is 32.2. The highest BCUT2D eigenvalue weighted by molar-refractivity contribution is 7.82. The molecule has 1 saturated heterocycles. The Labute approximate surface area is 234 Å². The second-order valence-electron chi connectivity index (χ2n) is 8.41. The van der Waals surface area contributed by atoms with Gasteiger partial charge in [0.15, 0.2) is 17.4 Å². The van der Waals surface area contributed by atoms with E-state index in [2.05, 4.69) is 0 Å². The Morgan fingerprint density at radius 2 is 1.65 bits per heavy atom. The largest absolute Gasteiger partial charge is 0.451 e. The molecular weight excluding hydrogens is 550 g/mol. The summed E-state index contributed by atoms with van der Waals surface area (Å²) in [5.74, 6) is -5.24. The first-order chi connectivity index (χ1) is 19.1. The van der Waals surface area contributed by atoms with E-state index >= 15 is 0 Å². The van der Waals surface area contributed by atoms with Gasteiger partial charge in [0.2, 0.25) is 0 Å². The number of carbonyl (C=O) groups is 3. The topological polar surface area (TPSA) is 129 Å². The number of ether oxygens (including phenoxy) is 2. The predicted octanol–water partition coefficient (Wildman–Crippen LogP) is 2.24. The van der Waals surface area contributed by atoms with E-state index in [9.17, 15) is 27.4 Å². The number of halogens is 2. The monoisotopic (exact) mass is 584 g/mol. The van der Waals surface area contributed by atoms with Crippen molar-refractivity contribution in [2.75, 3.05) is 53.0 Å². The number of nitrogens with zero attached hydrogens (tertiary/aromatic N) is 3. The second kappa shape index (κ2) is 16.0. The minimum Gasteiger partial charge on any atom is -0.451 e. The van der Waals surface area contributed by atoms with Gasteiger partial charge in [0, 0.05) is 33.2 Å². The van der Waals surface area contributed by atoms with Crippen molar-refractivity contribution < 1.29 is 42.1 Å². The second-order valence-corrected chi connectivity index (χ2v) is 9.90. The first-order valence-electron chi connectivity index (χ1n) is 12.6. The van der Waals surface area contributed by atoms with Gasteiger partial charge in [0.1, 0.15) is 16.7 Å². The Balaban J connectivity index is 0.00000274. The lowest BCUT2D eigenvalue weighted by Crippen LogP contribution is -2.49. The standard InChI is InChI=1S/C24H28F2N4O7S.C2H6/c1-16-3-5-17(6-4-16)37-22-19(25)13-18(14-20(22)26)38(35)30(15-21(31)27-34)8-7-28(2)23(32)24(33)29-9-11-36-12-10-29;1-2/h3-6,13-14,34H,7-12,15H2,1-2H3,(H,27,31);1-2H3. The average molecular weight is 585 g/mol. The molecule has 3 rings (SSSR count). The third-order valence-electron chi connectivity index (χ3n) is 5.61. The van der Waals surface area contributed by atoms with Crippen molar-refractivity contribution >= 4 is 28.7 Å². The van der Waals surface area contributed by atoms with Crippen LogP contribution in [-0.4, -0.2) is 94.2 Å². The first-order valence-corrected chi connectivity index (χ1v) is 13.7. The molecule has 40 heavy (non-hydrogen) atoms. The fraction of sp³-hybridized carbons (Fsp3) is 0.423. The summed E-state index contributed by atoms with van der Waals surface area (Å²) in [7, 11) is -0.939. The summed E-state index contributed by atoms with van der Waals surface area (Å²) in [6, 6.07) is 8.10. The van der Waals surface area contributed by atoms with Crippen LogP contribution in [0.3, 0.4) is 0 Å². The molecule has 0 bridgehead atoms. The quantitative estimate of drug-likeness (QED) is 0.263. The molecule has 1 unspecified atom stereocenters. The Morgan fingerprint density at radius 1 is 1.07 bits per heavy atom. The van der Waals surface area contributed by atoms with E-state index in [1.807, 2.05) is 20.8 Å². The number of hydrogen-bond donors (Lipinski definition) is 2. The zero-order valence-corrected chi connectivity index (χ0v) is 23.6.